The van der Waals surface area contributed by atoms with Crippen molar-refractivity contribution in [3.05, 3.63) is 65.0 Å². The number of aryl methyl sites for hydroxylation is 1. The van der Waals surface area contributed by atoms with E-state index in [0.717, 1.165) is 29.7 Å². The topological polar surface area (TPSA) is 50.2 Å². The SMILES string of the molecule is CC/C=C(/C=C\C=C(/C)C(=O)O)Cc1ccc(C)cn1. The summed E-state index contributed by atoms with van der Waals surface area (Å²) in [7, 11) is 0. The van der Waals surface area contributed by atoms with Gasteiger partial charge in [-0.25, -0.2) is 4.79 Å². The molecule has 0 fully saturated rings. The minimum atomic E-state index is -0.893. The van der Waals surface area contributed by atoms with Crippen molar-refractivity contribution in [1.82, 2.24) is 4.98 Å². The molecule has 3 heteroatoms. The number of allylic oxidation sites excluding steroid dienone is 5. The van der Waals surface area contributed by atoms with Crippen molar-refractivity contribution in [2.24, 2.45) is 0 Å². The van der Waals surface area contributed by atoms with Gasteiger partial charge in [0, 0.05) is 23.9 Å². The zero-order valence-corrected chi connectivity index (χ0v) is 12.3. The van der Waals surface area contributed by atoms with Crippen molar-refractivity contribution in [1.29, 1.82) is 0 Å². The Morgan fingerprint density at radius 1 is 1.40 bits per heavy atom. The number of hydrogen-bond donors (Lipinski definition) is 1. The second-order valence-corrected chi connectivity index (χ2v) is 4.70. The highest BCUT2D eigenvalue weighted by Gasteiger charge is 1.99. The van der Waals surface area contributed by atoms with Crippen LogP contribution in [0.25, 0.3) is 0 Å². The minimum absolute atomic E-state index is 0.325. The lowest BCUT2D eigenvalue weighted by Gasteiger charge is -2.02. The van der Waals surface area contributed by atoms with Gasteiger partial charge in [-0.3, -0.25) is 4.98 Å². The second-order valence-electron chi connectivity index (χ2n) is 4.70. The number of rotatable bonds is 6. The summed E-state index contributed by atoms with van der Waals surface area (Å²) in [6, 6.07) is 4.06. The summed E-state index contributed by atoms with van der Waals surface area (Å²) in [5.41, 5.74) is 3.62. The van der Waals surface area contributed by atoms with Crippen LogP contribution in [0.2, 0.25) is 0 Å². The van der Waals surface area contributed by atoms with E-state index >= 15 is 0 Å². The Bertz CT molecular complexity index is 537. The highest BCUT2D eigenvalue weighted by Crippen LogP contribution is 2.09. The summed E-state index contributed by atoms with van der Waals surface area (Å²) >= 11 is 0. The molecule has 0 aromatic carbocycles. The van der Waals surface area contributed by atoms with E-state index in [1.807, 2.05) is 31.3 Å². The number of hydrogen-bond acceptors (Lipinski definition) is 2. The first-order valence-electron chi connectivity index (χ1n) is 6.71. The van der Waals surface area contributed by atoms with Crippen LogP contribution in [0.1, 0.15) is 31.5 Å². The van der Waals surface area contributed by atoms with Gasteiger partial charge in [0.05, 0.1) is 0 Å². The molecule has 1 heterocycles. The predicted octanol–water partition coefficient (Wildman–Crippen LogP) is 3.86. The average Bonchev–Trinajstić information content (AvgIpc) is 2.41. The zero-order valence-electron chi connectivity index (χ0n) is 12.3. The molecule has 0 radical (unpaired) electrons. The van der Waals surface area contributed by atoms with Gasteiger partial charge in [0.1, 0.15) is 0 Å². The lowest BCUT2D eigenvalue weighted by molar-refractivity contribution is -0.132. The number of pyridine rings is 1. The molecule has 0 aliphatic rings. The van der Waals surface area contributed by atoms with Gasteiger partial charge in [-0.05, 0) is 37.5 Å². The monoisotopic (exact) mass is 271 g/mol. The van der Waals surface area contributed by atoms with Crippen molar-refractivity contribution in [2.75, 3.05) is 0 Å². The Hall–Kier alpha value is -2.16. The standard InChI is InChI=1S/C17H21NO2/c1-4-6-15(8-5-7-14(3)17(19)20)11-16-10-9-13(2)12-18-16/h5-10,12H,4,11H2,1-3H3,(H,19,20)/b8-5-,14-7+,15-6-. The fraction of sp³-hybridized carbons (Fsp3) is 0.294. The zero-order chi connectivity index (χ0) is 15.0. The van der Waals surface area contributed by atoms with Gasteiger partial charge in [-0.1, -0.05) is 37.3 Å². The largest absolute Gasteiger partial charge is 0.478 e. The minimum Gasteiger partial charge on any atom is -0.478 e. The quantitative estimate of drug-likeness (QED) is 0.631. The van der Waals surface area contributed by atoms with Crippen LogP contribution in [0.15, 0.2) is 53.8 Å². The number of carboxylic acids is 1. The van der Waals surface area contributed by atoms with E-state index in [-0.39, 0.29) is 0 Å². The maximum absolute atomic E-state index is 10.7. The van der Waals surface area contributed by atoms with Crippen LogP contribution in [-0.4, -0.2) is 16.1 Å². The molecule has 1 aromatic heterocycles. The van der Waals surface area contributed by atoms with Crippen LogP contribution in [-0.2, 0) is 11.2 Å². The summed E-state index contributed by atoms with van der Waals surface area (Å²) in [5.74, 6) is -0.893. The number of aromatic nitrogens is 1. The summed E-state index contributed by atoms with van der Waals surface area (Å²) in [5, 5.41) is 8.78. The van der Waals surface area contributed by atoms with Crippen LogP contribution >= 0.6 is 0 Å². The Morgan fingerprint density at radius 3 is 2.70 bits per heavy atom. The van der Waals surface area contributed by atoms with E-state index in [0.29, 0.717) is 5.57 Å². The van der Waals surface area contributed by atoms with Crippen LogP contribution in [0.4, 0.5) is 0 Å². The molecular formula is C17H21NO2. The van der Waals surface area contributed by atoms with Crippen molar-refractivity contribution in [2.45, 2.75) is 33.6 Å². The molecule has 0 unspecified atom stereocenters. The number of aliphatic carboxylic acids is 1. The summed E-state index contributed by atoms with van der Waals surface area (Å²) in [6.45, 7) is 5.67. The molecule has 1 N–H and O–H groups in total. The second kappa shape index (κ2) is 8.10. The molecule has 0 aliphatic carbocycles. The molecule has 3 nitrogen and oxygen atoms in total. The van der Waals surface area contributed by atoms with E-state index in [2.05, 4.69) is 18.0 Å². The third-order valence-corrected chi connectivity index (χ3v) is 2.82. The lowest BCUT2D eigenvalue weighted by atomic mass is 10.1. The molecule has 0 aliphatic heterocycles. The summed E-state index contributed by atoms with van der Waals surface area (Å²) in [4.78, 5) is 15.1. The molecule has 20 heavy (non-hydrogen) atoms. The fourth-order valence-electron chi connectivity index (χ4n) is 1.66. The van der Waals surface area contributed by atoms with Crippen molar-refractivity contribution < 1.29 is 9.90 Å². The molecule has 0 spiro atoms. The van der Waals surface area contributed by atoms with Crippen molar-refractivity contribution in [3.8, 4) is 0 Å². The number of carboxylic acid groups (broad SMARTS) is 1. The Morgan fingerprint density at radius 2 is 2.15 bits per heavy atom. The molecule has 0 atom stereocenters. The summed E-state index contributed by atoms with van der Waals surface area (Å²) in [6.07, 6.45) is 11.0. The molecule has 1 rings (SSSR count). The van der Waals surface area contributed by atoms with Gasteiger partial charge >= 0.3 is 5.97 Å². The molecule has 0 amide bonds. The van der Waals surface area contributed by atoms with Gasteiger partial charge in [-0.15, -0.1) is 0 Å². The lowest BCUT2D eigenvalue weighted by Crippen LogP contribution is -1.95. The third-order valence-electron chi connectivity index (χ3n) is 2.82. The molecular weight excluding hydrogens is 250 g/mol. The number of carbonyl (C=O) groups is 1. The van der Waals surface area contributed by atoms with Crippen LogP contribution in [0.3, 0.4) is 0 Å². The van der Waals surface area contributed by atoms with Gasteiger partial charge in [0.25, 0.3) is 0 Å². The average molecular weight is 271 g/mol. The Labute approximate surface area is 120 Å². The summed E-state index contributed by atoms with van der Waals surface area (Å²) < 4.78 is 0. The van der Waals surface area contributed by atoms with E-state index in [1.165, 1.54) is 0 Å². The van der Waals surface area contributed by atoms with Crippen LogP contribution < -0.4 is 0 Å². The van der Waals surface area contributed by atoms with E-state index in [4.69, 9.17) is 5.11 Å². The molecule has 0 saturated carbocycles. The van der Waals surface area contributed by atoms with Gasteiger partial charge in [0.2, 0.25) is 0 Å². The van der Waals surface area contributed by atoms with Crippen LogP contribution in [0, 0.1) is 6.92 Å². The first-order chi connectivity index (χ1) is 9.52. The highest BCUT2D eigenvalue weighted by atomic mass is 16.4. The maximum Gasteiger partial charge on any atom is 0.331 e. The normalized spacial score (nSPS) is 12.9. The molecule has 0 saturated heterocycles. The first kappa shape index (κ1) is 15.9. The van der Waals surface area contributed by atoms with Crippen molar-refractivity contribution >= 4 is 5.97 Å². The maximum atomic E-state index is 10.7. The van der Waals surface area contributed by atoms with E-state index < -0.39 is 5.97 Å². The first-order valence-corrected chi connectivity index (χ1v) is 6.71. The highest BCUT2D eigenvalue weighted by molar-refractivity contribution is 5.86. The molecule has 1 aromatic rings. The smallest absolute Gasteiger partial charge is 0.331 e. The van der Waals surface area contributed by atoms with Crippen LogP contribution in [0.5, 0.6) is 0 Å². The van der Waals surface area contributed by atoms with Gasteiger partial charge in [0.15, 0.2) is 0 Å². The predicted molar refractivity (Wildman–Crippen MR) is 81.6 cm³/mol. The number of nitrogens with zero attached hydrogens (tertiary/aromatic N) is 1. The van der Waals surface area contributed by atoms with Gasteiger partial charge in [-0.2, -0.15) is 0 Å². The van der Waals surface area contributed by atoms with E-state index in [1.54, 1.807) is 19.1 Å². The Kier molecular flexibility index (Phi) is 6.44. The fourth-order valence-corrected chi connectivity index (χ4v) is 1.66. The third kappa shape index (κ3) is 5.65. The molecule has 106 valence electrons. The molecule has 0 bridgehead atoms. The van der Waals surface area contributed by atoms with E-state index in [9.17, 15) is 4.79 Å². The van der Waals surface area contributed by atoms with Crippen molar-refractivity contribution in [3.63, 3.8) is 0 Å². The van der Waals surface area contributed by atoms with Gasteiger partial charge < -0.3 is 5.11 Å². The Balaban J connectivity index is 2.78.